The van der Waals surface area contributed by atoms with Crippen molar-refractivity contribution < 1.29 is 18.7 Å². The Bertz CT molecular complexity index is 1390. The first kappa shape index (κ1) is 23.3. The quantitative estimate of drug-likeness (QED) is 0.370. The lowest BCUT2D eigenvalue weighted by Gasteiger charge is -2.08. The molecule has 8 heteroatoms. The van der Waals surface area contributed by atoms with Gasteiger partial charge in [-0.05, 0) is 66.9 Å². The zero-order valence-electron chi connectivity index (χ0n) is 19.7. The second-order valence-corrected chi connectivity index (χ2v) is 8.69. The van der Waals surface area contributed by atoms with Gasteiger partial charge in [0.15, 0.2) is 0 Å². The number of methoxy groups -OCH3 is 1. The van der Waals surface area contributed by atoms with Gasteiger partial charge in [-0.2, -0.15) is 5.10 Å². The summed E-state index contributed by atoms with van der Waals surface area (Å²) in [5.74, 6) is 0.184. The number of carbonyl (C=O) groups excluding carboxylic acids is 2. The van der Waals surface area contributed by atoms with Crippen LogP contribution in [0.15, 0.2) is 79.0 Å². The van der Waals surface area contributed by atoms with Gasteiger partial charge >= 0.3 is 0 Å². The number of rotatable bonds is 8. The number of carbonyl (C=O) groups is 2. The molecule has 2 N–H and O–H groups in total. The highest BCUT2D eigenvalue weighted by molar-refractivity contribution is 6.00. The van der Waals surface area contributed by atoms with E-state index in [9.17, 15) is 14.0 Å². The van der Waals surface area contributed by atoms with E-state index in [0.717, 1.165) is 29.7 Å². The zero-order valence-corrected chi connectivity index (χ0v) is 19.7. The fourth-order valence-corrected chi connectivity index (χ4v) is 3.82. The zero-order chi connectivity index (χ0) is 25.1. The Balaban J connectivity index is 1.36. The van der Waals surface area contributed by atoms with Crippen molar-refractivity contribution in [3.05, 3.63) is 95.9 Å². The van der Waals surface area contributed by atoms with Crippen LogP contribution in [-0.4, -0.2) is 28.7 Å². The number of ether oxygens (including phenoxy) is 1. The van der Waals surface area contributed by atoms with E-state index in [1.807, 2.05) is 48.5 Å². The van der Waals surface area contributed by atoms with Crippen LogP contribution in [0.2, 0.25) is 0 Å². The van der Waals surface area contributed by atoms with Crippen LogP contribution in [0.4, 0.5) is 10.1 Å². The van der Waals surface area contributed by atoms with Crippen molar-refractivity contribution in [1.82, 2.24) is 15.1 Å². The van der Waals surface area contributed by atoms with Gasteiger partial charge in [-0.15, -0.1) is 0 Å². The van der Waals surface area contributed by atoms with Crippen LogP contribution in [-0.2, 0) is 11.3 Å². The first-order valence-electron chi connectivity index (χ1n) is 11.7. The predicted octanol–water partition coefficient (Wildman–Crippen LogP) is 4.97. The van der Waals surface area contributed by atoms with Crippen LogP contribution in [0.5, 0.6) is 5.75 Å². The van der Waals surface area contributed by atoms with Gasteiger partial charge in [-0.25, -0.2) is 9.07 Å². The molecule has 1 aromatic heterocycles. The summed E-state index contributed by atoms with van der Waals surface area (Å²) in [4.78, 5) is 25.2. The van der Waals surface area contributed by atoms with E-state index in [0.29, 0.717) is 29.2 Å². The third-order valence-electron chi connectivity index (χ3n) is 6.02. The Labute approximate surface area is 207 Å². The maximum Gasteiger partial charge on any atom is 0.255 e. The smallest absolute Gasteiger partial charge is 0.255 e. The molecular formula is C28H25FN4O3. The highest BCUT2D eigenvalue weighted by Gasteiger charge is 2.29. The van der Waals surface area contributed by atoms with Crippen molar-refractivity contribution in [1.29, 1.82) is 0 Å². The van der Waals surface area contributed by atoms with E-state index < -0.39 is 0 Å². The summed E-state index contributed by atoms with van der Waals surface area (Å²) in [6, 6.07) is 20.6. The number of nitrogens with one attached hydrogen (secondary N) is 2. The van der Waals surface area contributed by atoms with Gasteiger partial charge in [0, 0.05) is 29.9 Å². The SMILES string of the molecule is COc1cccc(-c2nn(-c3ccc(F)cc3)cc2C(=O)NCc2ccc(NC(=O)C3CC3)cc2)c1. The Morgan fingerprint density at radius 2 is 1.81 bits per heavy atom. The molecule has 7 nitrogen and oxygen atoms in total. The highest BCUT2D eigenvalue weighted by Crippen LogP contribution is 2.30. The standard InChI is InChI=1S/C28H25FN4O3/c1-36-24-4-2-3-20(15-24)26-25(17-33(32-26)23-13-9-21(29)10-14-23)28(35)30-16-18-5-11-22(12-6-18)31-27(34)19-7-8-19/h2-6,9-15,17,19H,7-8,16H2,1H3,(H,30,35)(H,31,34). The van der Waals surface area contributed by atoms with Crippen LogP contribution in [0.3, 0.4) is 0 Å². The van der Waals surface area contributed by atoms with Crippen LogP contribution in [0, 0.1) is 11.7 Å². The molecule has 0 unspecified atom stereocenters. The lowest BCUT2D eigenvalue weighted by atomic mass is 10.1. The number of hydrogen-bond donors (Lipinski definition) is 2. The Kier molecular flexibility index (Phi) is 6.49. The molecule has 182 valence electrons. The summed E-state index contributed by atoms with van der Waals surface area (Å²) in [5, 5.41) is 10.5. The van der Waals surface area contributed by atoms with Crippen LogP contribution in [0.25, 0.3) is 16.9 Å². The third-order valence-corrected chi connectivity index (χ3v) is 6.02. The van der Waals surface area contributed by atoms with Gasteiger partial charge < -0.3 is 15.4 Å². The van der Waals surface area contributed by atoms with Crippen LogP contribution >= 0.6 is 0 Å². The van der Waals surface area contributed by atoms with Crippen molar-refractivity contribution in [2.24, 2.45) is 5.92 Å². The van der Waals surface area contributed by atoms with E-state index in [2.05, 4.69) is 15.7 Å². The molecular weight excluding hydrogens is 459 g/mol. The number of aromatic nitrogens is 2. The molecule has 4 aromatic rings. The minimum atomic E-state index is -0.352. The number of amides is 2. The largest absolute Gasteiger partial charge is 0.497 e. The molecule has 1 saturated carbocycles. The molecule has 1 aliphatic carbocycles. The molecule has 2 amide bonds. The summed E-state index contributed by atoms with van der Waals surface area (Å²) in [5.41, 5.74) is 3.83. The van der Waals surface area contributed by atoms with Gasteiger partial charge in [-0.1, -0.05) is 24.3 Å². The summed E-state index contributed by atoms with van der Waals surface area (Å²) in [7, 11) is 1.58. The molecule has 0 aliphatic heterocycles. The van der Waals surface area contributed by atoms with Gasteiger partial charge in [0.2, 0.25) is 5.91 Å². The fraction of sp³-hybridized carbons (Fsp3) is 0.179. The molecule has 1 heterocycles. The van der Waals surface area contributed by atoms with E-state index in [1.54, 1.807) is 30.1 Å². The van der Waals surface area contributed by atoms with Gasteiger partial charge in [-0.3, -0.25) is 9.59 Å². The summed E-state index contributed by atoms with van der Waals surface area (Å²) >= 11 is 0. The topological polar surface area (TPSA) is 85.2 Å². The van der Waals surface area contributed by atoms with Gasteiger partial charge in [0.05, 0.1) is 18.4 Å². The maximum absolute atomic E-state index is 13.4. The van der Waals surface area contributed by atoms with E-state index in [1.165, 1.54) is 12.1 Å². The summed E-state index contributed by atoms with van der Waals surface area (Å²) in [6.07, 6.45) is 3.53. The lowest BCUT2D eigenvalue weighted by Crippen LogP contribution is -2.23. The Morgan fingerprint density at radius 1 is 1.06 bits per heavy atom. The first-order valence-corrected chi connectivity index (χ1v) is 11.7. The molecule has 5 rings (SSSR count). The summed E-state index contributed by atoms with van der Waals surface area (Å²) < 4.78 is 20.3. The molecule has 0 saturated heterocycles. The van der Waals surface area contributed by atoms with Crippen molar-refractivity contribution in [2.75, 3.05) is 12.4 Å². The molecule has 0 radical (unpaired) electrons. The van der Waals surface area contributed by atoms with Crippen molar-refractivity contribution in [2.45, 2.75) is 19.4 Å². The Hall–Kier alpha value is -4.46. The average molecular weight is 485 g/mol. The van der Waals surface area contributed by atoms with Gasteiger partial charge in [0.25, 0.3) is 5.91 Å². The van der Waals surface area contributed by atoms with Crippen molar-refractivity contribution >= 4 is 17.5 Å². The minimum Gasteiger partial charge on any atom is -0.497 e. The molecule has 0 bridgehead atoms. The van der Waals surface area contributed by atoms with E-state index in [-0.39, 0.29) is 23.5 Å². The minimum absolute atomic E-state index is 0.0549. The van der Waals surface area contributed by atoms with Crippen LogP contribution in [0.1, 0.15) is 28.8 Å². The molecule has 36 heavy (non-hydrogen) atoms. The van der Waals surface area contributed by atoms with E-state index in [4.69, 9.17) is 4.74 Å². The lowest BCUT2D eigenvalue weighted by molar-refractivity contribution is -0.117. The Morgan fingerprint density at radius 3 is 2.50 bits per heavy atom. The highest BCUT2D eigenvalue weighted by atomic mass is 19.1. The second-order valence-electron chi connectivity index (χ2n) is 8.69. The number of benzene rings is 3. The number of anilines is 1. The molecule has 1 aliphatic rings. The van der Waals surface area contributed by atoms with Crippen molar-refractivity contribution in [3.8, 4) is 22.7 Å². The second kappa shape index (κ2) is 10.0. The number of halogens is 1. The fourth-order valence-electron chi connectivity index (χ4n) is 3.82. The molecule has 3 aromatic carbocycles. The third kappa shape index (κ3) is 5.27. The van der Waals surface area contributed by atoms with Crippen LogP contribution < -0.4 is 15.4 Å². The predicted molar refractivity (Wildman–Crippen MR) is 134 cm³/mol. The number of hydrogen-bond acceptors (Lipinski definition) is 4. The van der Waals surface area contributed by atoms with Crippen molar-refractivity contribution in [3.63, 3.8) is 0 Å². The maximum atomic E-state index is 13.4. The van der Waals surface area contributed by atoms with Gasteiger partial charge in [0.1, 0.15) is 17.3 Å². The molecule has 0 spiro atoms. The summed E-state index contributed by atoms with van der Waals surface area (Å²) in [6.45, 7) is 0.301. The first-order chi connectivity index (χ1) is 17.5. The number of nitrogens with zero attached hydrogens (tertiary/aromatic N) is 2. The van der Waals surface area contributed by atoms with E-state index >= 15 is 0 Å². The molecule has 1 fully saturated rings. The average Bonchev–Trinajstić information content (AvgIpc) is 3.67. The normalized spacial score (nSPS) is 12.7. The molecule has 0 atom stereocenters. The monoisotopic (exact) mass is 484 g/mol.